The number of nitrogens with zero attached hydrogens (tertiary/aromatic N) is 1. The van der Waals surface area contributed by atoms with Crippen LogP contribution in [-0.2, 0) is 0 Å². The van der Waals surface area contributed by atoms with E-state index in [0.717, 1.165) is 16.8 Å². The van der Waals surface area contributed by atoms with E-state index in [4.69, 9.17) is 12.2 Å². The fraction of sp³-hybridized carbons (Fsp3) is 0.100. The SMILES string of the molecule is Cc1ccc(NC(=S)NN=Cc2cccc3ccccc23)c(C)c1. The lowest BCUT2D eigenvalue weighted by Gasteiger charge is -2.10. The smallest absolute Gasteiger partial charge is 0.191 e. The Balaban J connectivity index is 1.68. The van der Waals surface area contributed by atoms with Crippen LogP contribution < -0.4 is 10.7 Å². The fourth-order valence-corrected chi connectivity index (χ4v) is 2.79. The second kappa shape index (κ2) is 7.23. The number of aryl methyl sites for hydroxylation is 2. The summed E-state index contributed by atoms with van der Waals surface area (Å²) >= 11 is 5.30. The monoisotopic (exact) mass is 333 g/mol. The number of benzene rings is 3. The molecular weight excluding hydrogens is 314 g/mol. The molecule has 0 radical (unpaired) electrons. The Morgan fingerprint density at radius 1 is 1.00 bits per heavy atom. The molecule has 24 heavy (non-hydrogen) atoms. The van der Waals surface area contributed by atoms with Gasteiger partial charge in [-0.25, -0.2) is 0 Å². The van der Waals surface area contributed by atoms with Crippen LogP contribution in [0.25, 0.3) is 10.8 Å². The van der Waals surface area contributed by atoms with Gasteiger partial charge in [-0.15, -0.1) is 0 Å². The summed E-state index contributed by atoms with van der Waals surface area (Å²) in [5.74, 6) is 0. The minimum absolute atomic E-state index is 0.471. The van der Waals surface area contributed by atoms with Crippen molar-refractivity contribution < 1.29 is 0 Å². The molecule has 0 fully saturated rings. The number of rotatable bonds is 3. The zero-order chi connectivity index (χ0) is 16.9. The summed E-state index contributed by atoms with van der Waals surface area (Å²) in [6, 6.07) is 20.6. The van der Waals surface area contributed by atoms with Gasteiger partial charge < -0.3 is 5.32 Å². The van der Waals surface area contributed by atoms with Crippen molar-refractivity contribution in [1.29, 1.82) is 0 Å². The molecule has 0 amide bonds. The molecular formula is C20H19N3S. The van der Waals surface area contributed by atoms with Crippen molar-refractivity contribution in [2.75, 3.05) is 5.32 Å². The van der Waals surface area contributed by atoms with Crippen molar-refractivity contribution in [3.05, 3.63) is 77.4 Å². The van der Waals surface area contributed by atoms with Gasteiger partial charge in [0.05, 0.1) is 6.21 Å². The maximum Gasteiger partial charge on any atom is 0.191 e. The van der Waals surface area contributed by atoms with Gasteiger partial charge in [-0.2, -0.15) is 5.10 Å². The highest BCUT2D eigenvalue weighted by Crippen LogP contribution is 2.17. The van der Waals surface area contributed by atoms with Crippen LogP contribution in [0.2, 0.25) is 0 Å². The summed E-state index contributed by atoms with van der Waals surface area (Å²) in [6.45, 7) is 4.12. The van der Waals surface area contributed by atoms with Crippen molar-refractivity contribution in [2.24, 2.45) is 5.10 Å². The molecule has 0 aliphatic heterocycles. The Morgan fingerprint density at radius 3 is 2.62 bits per heavy atom. The standard InChI is InChI=1S/C20H19N3S/c1-14-10-11-19(15(2)12-14)22-20(24)23-21-13-17-8-5-7-16-6-3-4-9-18(16)17/h3-13H,1-2H3,(H2,22,23,24). The average molecular weight is 333 g/mol. The zero-order valence-electron chi connectivity index (χ0n) is 13.7. The van der Waals surface area contributed by atoms with Gasteiger partial charge in [-0.1, -0.05) is 60.2 Å². The second-order valence-corrected chi connectivity index (χ2v) is 6.12. The summed E-state index contributed by atoms with van der Waals surface area (Å²) in [6.07, 6.45) is 1.79. The van der Waals surface area contributed by atoms with E-state index < -0.39 is 0 Å². The van der Waals surface area contributed by atoms with Crippen molar-refractivity contribution in [2.45, 2.75) is 13.8 Å². The molecule has 0 aromatic heterocycles. The lowest BCUT2D eigenvalue weighted by Crippen LogP contribution is -2.24. The number of hydrazone groups is 1. The number of fused-ring (bicyclic) bond motifs is 1. The number of anilines is 1. The lowest BCUT2D eigenvalue weighted by molar-refractivity contribution is 1.05. The quantitative estimate of drug-likeness (QED) is 0.411. The minimum Gasteiger partial charge on any atom is -0.331 e. The van der Waals surface area contributed by atoms with Crippen LogP contribution in [-0.4, -0.2) is 11.3 Å². The van der Waals surface area contributed by atoms with Gasteiger partial charge in [0.15, 0.2) is 5.11 Å². The summed E-state index contributed by atoms with van der Waals surface area (Å²) < 4.78 is 0. The topological polar surface area (TPSA) is 36.4 Å². The molecule has 3 aromatic rings. The van der Waals surface area contributed by atoms with Crippen LogP contribution in [0.4, 0.5) is 5.69 Å². The first-order valence-corrected chi connectivity index (χ1v) is 8.19. The molecule has 0 aliphatic rings. The third-order valence-electron chi connectivity index (χ3n) is 3.82. The van der Waals surface area contributed by atoms with Crippen LogP contribution >= 0.6 is 12.2 Å². The Kier molecular flexibility index (Phi) is 4.87. The molecule has 3 rings (SSSR count). The predicted molar refractivity (Wildman–Crippen MR) is 107 cm³/mol. The normalized spacial score (nSPS) is 10.9. The van der Waals surface area contributed by atoms with Gasteiger partial charge in [-0.3, -0.25) is 5.43 Å². The van der Waals surface area contributed by atoms with Crippen molar-refractivity contribution in [1.82, 2.24) is 5.43 Å². The van der Waals surface area contributed by atoms with Gasteiger partial charge in [0, 0.05) is 11.3 Å². The molecule has 0 saturated heterocycles. The van der Waals surface area contributed by atoms with Gasteiger partial charge in [0.25, 0.3) is 0 Å². The molecule has 0 aliphatic carbocycles. The summed E-state index contributed by atoms with van der Waals surface area (Å²) in [4.78, 5) is 0. The van der Waals surface area contributed by atoms with E-state index in [9.17, 15) is 0 Å². The molecule has 0 saturated carbocycles. The minimum atomic E-state index is 0.471. The highest BCUT2D eigenvalue weighted by molar-refractivity contribution is 7.80. The number of thiocarbonyl (C=S) groups is 1. The molecule has 0 heterocycles. The number of hydrogen-bond acceptors (Lipinski definition) is 2. The Hall–Kier alpha value is -2.72. The summed E-state index contributed by atoms with van der Waals surface area (Å²) in [5.41, 5.74) is 7.29. The lowest BCUT2D eigenvalue weighted by atomic mass is 10.1. The average Bonchev–Trinajstić information content (AvgIpc) is 2.58. The van der Waals surface area contributed by atoms with Gasteiger partial charge >= 0.3 is 0 Å². The first kappa shape index (κ1) is 16.1. The van der Waals surface area contributed by atoms with E-state index in [1.54, 1.807) is 6.21 Å². The Labute approximate surface area is 147 Å². The van der Waals surface area contributed by atoms with E-state index in [2.05, 4.69) is 60.0 Å². The Morgan fingerprint density at radius 2 is 1.79 bits per heavy atom. The van der Waals surface area contributed by atoms with Crippen LogP contribution in [0, 0.1) is 13.8 Å². The number of hydrogen-bond donors (Lipinski definition) is 2. The van der Waals surface area contributed by atoms with E-state index in [-0.39, 0.29) is 0 Å². The fourth-order valence-electron chi connectivity index (χ4n) is 2.63. The van der Waals surface area contributed by atoms with Crippen LogP contribution in [0.5, 0.6) is 0 Å². The van der Waals surface area contributed by atoms with Gasteiger partial charge in [-0.05, 0) is 48.5 Å². The van der Waals surface area contributed by atoms with Gasteiger partial charge in [0.2, 0.25) is 0 Å². The highest BCUT2D eigenvalue weighted by atomic mass is 32.1. The number of nitrogens with one attached hydrogen (secondary N) is 2. The van der Waals surface area contributed by atoms with E-state index in [1.807, 2.05) is 30.3 Å². The molecule has 4 heteroatoms. The van der Waals surface area contributed by atoms with E-state index in [0.29, 0.717) is 5.11 Å². The molecule has 0 atom stereocenters. The first-order chi connectivity index (χ1) is 11.6. The molecule has 2 N–H and O–H groups in total. The van der Waals surface area contributed by atoms with Gasteiger partial charge in [0.1, 0.15) is 0 Å². The maximum atomic E-state index is 5.30. The maximum absolute atomic E-state index is 5.30. The molecule has 0 spiro atoms. The predicted octanol–water partition coefficient (Wildman–Crippen LogP) is 4.78. The molecule has 3 nitrogen and oxygen atoms in total. The molecule has 3 aromatic carbocycles. The molecule has 120 valence electrons. The third-order valence-corrected chi connectivity index (χ3v) is 4.02. The highest BCUT2D eigenvalue weighted by Gasteiger charge is 2.01. The zero-order valence-corrected chi connectivity index (χ0v) is 14.5. The summed E-state index contributed by atoms with van der Waals surface area (Å²) in [7, 11) is 0. The molecule has 0 bridgehead atoms. The van der Waals surface area contributed by atoms with Crippen molar-refractivity contribution >= 4 is 40.0 Å². The van der Waals surface area contributed by atoms with Crippen LogP contribution in [0.15, 0.2) is 65.8 Å². The second-order valence-electron chi connectivity index (χ2n) is 5.71. The van der Waals surface area contributed by atoms with Crippen LogP contribution in [0.3, 0.4) is 0 Å². The first-order valence-electron chi connectivity index (χ1n) is 7.78. The summed E-state index contributed by atoms with van der Waals surface area (Å²) in [5, 5.41) is 10.3. The van der Waals surface area contributed by atoms with Crippen molar-refractivity contribution in [3.8, 4) is 0 Å². The largest absolute Gasteiger partial charge is 0.331 e. The van der Waals surface area contributed by atoms with Crippen molar-refractivity contribution in [3.63, 3.8) is 0 Å². The van der Waals surface area contributed by atoms with E-state index in [1.165, 1.54) is 16.3 Å². The van der Waals surface area contributed by atoms with E-state index >= 15 is 0 Å². The van der Waals surface area contributed by atoms with Crippen LogP contribution in [0.1, 0.15) is 16.7 Å². The Bertz CT molecular complexity index is 910. The third kappa shape index (κ3) is 3.78. The molecule has 0 unspecified atom stereocenters.